The van der Waals surface area contributed by atoms with Gasteiger partial charge in [-0.25, -0.2) is 9.67 Å². The largest absolute Gasteiger partial charge is 0.387 e. The van der Waals surface area contributed by atoms with E-state index in [4.69, 9.17) is 44.4 Å². The van der Waals surface area contributed by atoms with Crippen LogP contribution in [-0.4, -0.2) is 149 Å². The van der Waals surface area contributed by atoms with E-state index in [2.05, 4.69) is 21.3 Å². The number of aliphatic hydroxyl groups is 2. The Morgan fingerprint density at radius 1 is 1.04 bits per heavy atom. The van der Waals surface area contributed by atoms with Crippen molar-refractivity contribution in [2.24, 2.45) is 5.92 Å². The molecule has 0 bridgehead atoms. The first-order chi connectivity index (χ1) is 23.3. The zero-order valence-corrected chi connectivity index (χ0v) is 28.7. The van der Waals surface area contributed by atoms with Crippen molar-refractivity contribution in [1.82, 2.24) is 20.1 Å². The molecule has 0 saturated carbocycles. The molecule has 5 atom stereocenters. The minimum absolute atomic E-state index is 0.102. The van der Waals surface area contributed by atoms with Gasteiger partial charge in [0.25, 0.3) is 0 Å². The number of aryl methyl sites for hydroxylation is 1. The Morgan fingerprint density at radius 3 is 2.31 bits per heavy atom. The Hall–Kier alpha value is -2.53. The minimum atomic E-state index is -4.85. The maximum absolute atomic E-state index is 12.7. The van der Waals surface area contributed by atoms with Gasteiger partial charge >= 0.3 is 15.2 Å². The van der Waals surface area contributed by atoms with Gasteiger partial charge in [-0.3, -0.25) is 13.9 Å². The summed E-state index contributed by atoms with van der Waals surface area (Å²) in [6.45, 7) is 5.38. The van der Waals surface area contributed by atoms with Gasteiger partial charge in [-0.15, -0.1) is 6.42 Å². The van der Waals surface area contributed by atoms with Crippen molar-refractivity contribution in [3.8, 4) is 12.3 Å². The van der Waals surface area contributed by atoms with E-state index in [1.807, 2.05) is 11.0 Å². The van der Waals surface area contributed by atoms with Gasteiger partial charge in [-0.05, 0) is 13.0 Å². The number of hydrogen-bond donors (Lipinski definition) is 6. The van der Waals surface area contributed by atoms with Crippen LogP contribution in [0.3, 0.4) is 0 Å². The maximum atomic E-state index is 12.7. The molecule has 6 N–H and O–H groups in total. The van der Waals surface area contributed by atoms with Gasteiger partial charge in [-0.1, -0.05) is 5.92 Å². The number of aromatic nitrogens is 3. The van der Waals surface area contributed by atoms with Crippen LogP contribution in [0, 0.1) is 25.2 Å². The number of amides is 1. The number of anilines is 1. The van der Waals surface area contributed by atoms with Crippen LogP contribution >= 0.6 is 15.2 Å². The molecule has 49 heavy (non-hydrogen) atoms. The molecular weight excluding hydrogens is 692 g/mol. The summed E-state index contributed by atoms with van der Waals surface area (Å²) in [5.41, 5.74) is 1.70. The monoisotopic (exact) mass is 735 g/mol. The predicted molar refractivity (Wildman–Crippen MR) is 172 cm³/mol. The standard InChI is InChI=1S/C28H43N5O14P2/c1-3-5-42-7-9-44-11-12-45-10-8-43-6-4-29-27(36)20-15-32(16-20)22-13-19(2)31-26-21(22)14-30-33(26)28-25(35)24(34)23(47-28)17-46-49(40,41)18-48(37,38)39/h1,13-14,20,23-25,28,34-35H,4-12,15-18H2,2H3,(H,29,36)(H,40,41)(H2,37,38,39)/t23-,24-,25-,28-/m1/s1. The molecule has 1 amide bonds. The molecule has 2 aromatic heterocycles. The van der Waals surface area contributed by atoms with Crippen molar-refractivity contribution in [3.63, 3.8) is 0 Å². The Bertz CT molecular complexity index is 1530. The third-order valence-corrected chi connectivity index (χ3v) is 11.0. The number of carbonyl (C=O) groups excluding carboxylic acids is 1. The molecule has 21 heteroatoms. The molecular formula is C28H43N5O14P2. The van der Waals surface area contributed by atoms with Crippen molar-refractivity contribution >= 4 is 37.8 Å². The highest BCUT2D eigenvalue weighted by molar-refractivity contribution is 7.70. The molecule has 0 radical (unpaired) electrons. The normalized spacial score (nSPS) is 22.6. The van der Waals surface area contributed by atoms with Crippen LogP contribution in [0.15, 0.2) is 12.3 Å². The highest BCUT2D eigenvalue weighted by Gasteiger charge is 2.46. The van der Waals surface area contributed by atoms with Crippen molar-refractivity contribution in [2.45, 2.75) is 31.5 Å². The van der Waals surface area contributed by atoms with Gasteiger partial charge in [-0.2, -0.15) is 5.10 Å². The zero-order chi connectivity index (χ0) is 35.6. The first-order valence-electron chi connectivity index (χ1n) is 15.4. The van der Waals surface area contributed by atoms with E-state index in [0.717, 1.165) is 5.69 Å². The number of rotatable bonds is 21. The lowest BCUT2D eigenvalue weighted by molar-refractivity contribution is -0.126. The SMILES string of the molecule is C#CCOCCOCCOCCOCCNC(=O)C1CN(c2cc(C)nc3c2cnn3[C@@H]2O[C@H](COP(=O)(O)CP(=O)(O)O)[C@@H](O)[C@H]2O)C1. The van der Waals surface area contributed by atoms with E-state index >= 15 is 0 Å². The zero-order valence-electron chi connectivity index (χ0n) is 26.9. The fourth-order valence-corrected chi connectivity index (χ4v) is 7.69. The molecule has 0 aromatic carbocycles. The van der Waals surface area contributed by atoms with Gasteiger partial charge in [0.15, 0.2) is 17.8 Å². The molecule has 0 spiro atoms. The van der Waals surface area contributed by atoms with Crippen molar-refractivity contribution < 1.29 is 67.0 Å². The summed E-state index contributed by atoms with van der Waals surface area (Å²) in [7, 11) is -9.56. The van der Waals surface area contributed by atoms with Crippen LogP contribution in [0.1, 0.15) is 11.9 Å². The third-order valence-electron chi connectivity index (χ3n) is 7.49. The van der Waals surface area contributed by atoms with Crippen LogP contribution in [0.25, 0.3) is 11.0 Å². The van der Waals surface area contributed by atoms with Gasteiger partial charge in [0, 0.05) is 25.3 Å². The van der Waals surface area contributed by atoms with Crippen LogP contribution in [0.5, 0.6) is 0 Å². The van der Waals surface area contributed by atoms with Gasteiger partial charge in [0.1, 0.15) is 24.9 Å². The average molecular weight is 736 g/mol. The van der Waals surface area contributed by atoms with E-state index in [1.165, 1.54) is 10.9 Å². The summed E-state index contributed by atoms with van der Waals surface area (Å²) in [6, 6.07) is 1.84. The quantitative estimate of drug-likeness (QED) is 0.0508. The Morgan fingerprint density at radius 2 is 1.67 bits per heavy atom. The van der Waals surface area contributed by atoms with Gasteiger partial charge in [0.05, 0.1) is 76.0 Å². The molecule has 2 fully saturated rings. The van der Waals surface area contributed by atoms with Crippen LogP contribution < -0.4 is 10.2 Å². The Balaban J connectivity index is 1.20. The van der Waals surface area contributed by atoms with Crippen LogP contribution in [-0.2, 0) is 42.1 Å². The second-order valence-electron chi connectivity index (χ2n) is 11.4. The number of terminal acetylenes is 1. The number of hydrogen-bond acceptors (Lipinski definition) is 14. The van der Waals surface area contributed by atoms with E-state index in [-0.39, 0.29) is 18.4 Å². The third kappa shape index (κ3) is 11.5. The summed E-state index contributed by atoms with van der Waals surface area (Å²) >= 11 is 0. The molecule has 2 aliphatic rings. The number of fused-ring (bicyclic) bond motifs is 1. The number of ether oxygens (including phenoxy) is 5. The lowest BCUT2D eigenvalue weighted by Gasteiger charge is -2.40. The number of carbonyl (C=O) groups is 1. The van der Waals surface area contributed by atoms with Gasteiger partial charge in [0.2, 0.25) is 5.91 Å². The predicted octanol–water partition coefficient (Wildman–Crippen LogP) is -1.05. The van der Waals surface area contributed by atoms with E-state index in [1.54, 1.807) is 6.92 Å². The van der Waals surface area contributed by atoms with E-state index in [0.29, 0.717) is 82.6 Å². The van der Waals surface area contributed by atoms with Gasteiger partial charge < -0.3 is 63.3 Å². The molecule has 274 valence electrons. The Kier molecular flexibility index (Phi) is 14.5. The molecule has 4 heterocycles. The fourth-order valence-electron chi connectivity index (χ4n) is 5.13. The number of pyridine rings is 1. The highest BCUT2D eigenvalue weighted by Crippen LogP contribution is 2.55. The molecule has 2 aromatic rings. The van der Waals surface area contributed by atoms with Crippen molar-refractivity contribution in [3.05, 3.63) is 18.0 Å². The summed E-state index contributed by atoms with van der Waals surface area (Å²) < 4.78 is 56.2. The molecule has 2 aliphatic heterocycles. The molecule has 1 unspecified atom stereocenters. The molecule has 19 nitrogen and oxygen atoms in total. The first-order valence-corrected chi connectivity index (χ1v) is 19.0. The van der Waals surface area contributed by atoms with Crippen LogP contribution in [0.4, 0.5) is 5.69 Å². The summed E-state index contributed by atoms with van der Waals surface area (Å²) in [6.07, 6.45) is 0.934. The van der Waals surface area contributed by atoms with E-state index < -0.39 is 52.2 Å². The average Bonchev–Trinajstić information content (AvgIpc) is 3.54. The number of aliphatic hydroxyl groups excluding tert-OH is 2. The minimum Gasteiger partial charge on any atom is -0.387 e. The fraction of sp³-hybridized carbons (Fsp3) is 0.679. The first kappa shape index (κ1) is 39.3. The smallest absolute Gasteiger partial charge is 0.340 e. The molecule has 2 saturated heterocycles. The lowest BCUT2D eigenvalue weighted by atomic mass is 9.97. The molecule has 0 aliphatic carbocycles. The Labute approximate surface area is 282 Å². The summed E-state index contributed by atoms with van der Waals surface area (Å²) in [4.78, 5) is 46.9. The highest BCUT2D eigenvalue weighted by atomic mass is 31.2. The lowest BCUT2D eigenvalue weighted by Crippen LogP contribution is -2.54. The molecule has 4 rings (SSSR count). The number of nitrogens with one attached hydrogen (secondary N) is 1. The second kappa shape index (κ2) is 18.1. The maximum Gasteiger partial charge on any atom is 0.340 e. The van der Waals surface area contributed by atoms with Crippen molar-refractivity contribution in [1.29, 1.82) is 0 Å². The van der Waals surface area contributed by atoms with E-state index in [9.17, 15) is 29.0 Å². The topological polar surface area (TPSA) is 254 Å². The van der Waals surface area contributed by atoms with Crippen LogP contribution in [0.2, 0.25) is 0 Å². The summed E-state index contributed by atoms with van der Waals surface area (Å²) in [5, 5.41) is 29.0. The summed E-state index contributed by atoms with van der Waals surface area (Å²) in [5.74, 6) is 0.621. The number of nitrogens with zero attached hydrogens (tertiary/aromatic N) is 4. The second-order valence-corrected chi connectivity index (χ2v) is 15.4. The van der Waals surface area contributed by atoms with Crippen molar-refractivity contribution in [2.75, 3.05) is 89.9 Å².